The summed E-state index contributed by atoms with van der Waals surface area (Å²) in [6.45, 7) is 1.86. The standard InChI is InChI=1S/C14H13ClFNOS/c1-9-2-3-11(16)6-10(9)8-19(18)14-5-4-12(17)7-13(14)15/h2-7H,8,17H2,1H3. The highest BCUT2D eigenvalue weighted by molar-refractivity contribution is 7.84. The van der Waals surface area contributed by atoms with E-state index in [1.807, 2.05) is 6.92 Å². The van der Waals surface area contributed by atoms with Crippen molar-refractivity contribution in [1.29, 1.82) is 0 Å². The monoisotopic (exact) mass is 297 g/mol. The zero-order valence-corrected chi connectivity index (χ0v) is 11.9. The zero-order chi connectivity index (χ0) is 14.0. The Hall–Kier alpha value is -1.39. The molecule has 0 aromatic heterocycles. The highest BCUT2D eigenvalue weighted by Crippen LogP contribution is 2.25. The molecular formula is C14H13ClFNOS. The summed E-state index contributed by atoms with van der Waals surface area (Å²) >= 11 is 6.01. The van der Waals surface area contributed by atoms with Crippen LogP contribution >= 0.6 is 11.6 Å². The minimum absolute atomic E-state index is 0.229. The molecule has 1 unspecified atom stereocenters. The van der Waals surface area contributed by atoms with E-state index in [4.69, 9.17) is 17.3 Å². The first kappa shape index (κ1) is 14.0. The molecule has 0 heterocycles. The van der Waals surface area contributed by atoms with Crippen LogP contribution in [0.5, 0.6) is 0 Å². The van der Waals surface area contributed by atoms with Crippen LogP contribution in [0.2, 0.25) is 5.02 Å². The average molecular weight is 298 g/mol. The van der Waals surface area contributed by atoms with Gasteiger partial charge in [-0.25, -0.2) is 4.39 Å². The number of anilines is 1. The van der Waals surface area contributed by atoms with Crippen molar-refractivity contribution in [2.45, 2.75) is 17.6 Å². The SMILES string of the molecule is Cc1ccc(F)cc1CS(=O)c1ccc(N)cc1Cl. The molecule has 0 saturated heterocycles. The van der Waals surface area contributed by atoms with Crippen molar-refractivity contribution in [3.63, 3.8) is 0 Å². The molecule has 0 radical (unpaired) electrons. The lowest BCUT2D eigenvalue weighted by atomic mass is 10.1. The van der Waals surface area contributed by atoms with Gasteiger partial charge >= 0.3 is 0 Å². The van der Waals surface area contributed by atoms with Crippen LogP contribution in [0.1, 0.15) is 11.1 Å². The van der Waals surface area contributed by atoms with E-state index < -0.39 is 10.8 Å². The molecule has 2 aromatic rings. The third kappa shape index (κ3) is 3.33. The molecule has 19 heavy (non-hydrogen) atoms. The van der Waals surface area contributed by atoms with Crippen LogP contribution < -0.4 is 5.73 Å². The molecule has 100 valence electrons. The van der Waals surface area contributed by atoms with Crippen LogP contribution in [0.15, 0.2) is 41.3 Å². The first-order valence-electron chi connectivity index (χ1n) is 5.66. The fourth-order valence-corrected chi connectivity index (χ4v) is 3.41. The smallest absolute Gasteiger partial charge is 0.123 e. The van der Waals surface area contributed by atoms with Crippen LogP contribution in [0.4, 0.5) is 10.1 Å². The number of halogens is 2. The average Bonchev–Trinajstić information content (AvgIpc) is 2.33. The maximum atomic E-state index is 13.2. The van der Waals surface area contributed by atoms with Crippen molar-refractivity contribution in [2.24, 2.45) is 0 Å². The molecule has 0 amide bonds. The Morgan fingerprint density at radius 1 is 1.26 bits per heavy atom. The fraction of sp³-hybridized carbons (Fsp3) is 0.143. The minimum atomic E-state index is -1.33. The summed E-state index contributed by atoms with van der Waals surface area (Å²) in [6, 6.07) is 9.32. The predicted molar refractivity (Wildman–Crippen MR) is 77.1 cm³/mol. The van der Waals surface area contributed by atoms with Crippen molar-refractivity contribution in [1.82, 2.24) is 0 Å². The van der Waals surface area contributed by atoms with E-state index in [-0.39, 0.29) is 11.6 Å². The molecule has 0 bridgehead atoms. The van der Waals surface area contributed by atoms with Gasteiger partial charge in [0.1, 0.15) is 5.82 Å². The Labute approximate surface area is 118 Å². The fourth-order valence-electron chi connectivity index (χ4n) is 1.72. The van der Waals surface area contributed by atoms with E-state index in [0.717, 1.165) is 5.56 Å². The van der Waals surface area contributed by atoms with Crippen LogP contribution in [0.3, 0.4) is 0 Å². The largest absolute Gasteiger partial charge is 0.399 e. The van der Waals surface area contributed by atoms with E-state index in [0.29, 0.717) is 21.2 Å². The predicted octanol–water partition coefficient (Wildman–Crippen LogP) is 3.68. The first-order chi connectivity index (χ1) is 8.97. The molecule has 0 fully saturated rings. The summed E-state index contributed by atoms with van der Waals surface area (Å²) in [4.78, 5) is 0.513. The topological polar surface area (TPSA) is 43.1 Å². The molecule has 0 aliphatic rings. The van der Waals surface area contributed by atoms with Crippen molar-refractivity contribution >= 4 is 28.1 Å². The first-order valence-corrected chi connectivity index (χ1v) is 7.35. The number of benzene rings is 2. The molecule has 0 spiro atoms. The highest BCUT2D eigenvalue weighted by Gasteiger charge is 2.11. The third-order valence-corrected chi connectivity index (χ3v) is 4.64. The number of hydrogen-bond acceptors (Lipinski definition) is 2. The number of aryl methyl sites for hydroxylation is 1. The van der Waals surface area contributed by atoms with Gasteiger partial charge in [-0.05, 0) is 48.4 Å². The lowest BCUT2D eigenvalue weighted by Gasteiger charge is -2.08. The van der Waals surface area contributed by atoms with Crippen molar-refractivity contribution < 1.29 is 8.60 Å². The summed E-state index contributed by atoms with van der Waals surface area (Å²) < 4.78 is 25.5. The Kier molecular flexibility index (Phi) is 4.22. The van der Waals surface area contributed by atoms with Crippen LogP contribution in [0, 0.1) is 12.7 Å². The van der Waals surface area contributed by atoms with Gasteiger partial charge in [-0.3, -0.25) is 4.21 Å². The van der Waals surface area contributed by atoms with E-state index in [9.17, 15) is 8.60 Å². The van der Waals surface area contributed by atoms with Gasteiger partial charge in [0.15, 0.2) is 0 Å². The van der Waals surface area contributed by atoms with Gasteiger partial charge in [-0.2, -0.15) is 0 Å². The van der Waals surface area contributed by atoms with E-state index in [1.54, 1.807) is 24.3 Å². The summed E-state index contributed by atoms with van der Waals surface area (Å²) in [7, 11) is -1.33. The molecule has 1 atom stereocenters. The number of rotatable bonds is 3. The maximum absolute atomic E-state index is 13.2. The Bertz CT molecular complexity index is 645. The number of nitrogen functional groups attached to an aromatic ring is 1. The summed E-state index contributed by atoms with van der Waals surface area (Å²) in [5.74, 6) is -0.103. The maximum Gasteiger partial charge on any atom is 0.123 e. The van der Waals surface area contributed by atoms with Crippen molar-refractivity contribution in [2.75, 3.05) is 5.73 Å². The van der Waals surface area contributed by atoms with Gasteiger partial charge in [-0.15, -0.1) is 0 Å². The van der Waals surface area contributed by atoms with E-state index in [1.165, 1.54) is 12.1 Å². The molecule has 2 aromatic carbocycles. The molecule has 0 aliphatic heterocycles. The number of nitrogens with two attached hydrogens (primary N) is 1. The second kappa shape index (κ2) is 5.72. The lowest BCUT2D eigenvalue weighted by molar-refractivity contribution is 0.625. The summed E-state index contributed by atoms with van der Waals surface area (Å²) in [5.41, 5.74) is 7.73. The molecule has 0 saturated carbocycles. The van der Waals surface area contributed by atoms with E-state index in [2.05, 4.69) is 0 Å². The van der Waals surface area contributed by atoms with Gasteiger partial charge < -0.3 is 5.73 Å². The molecule has 5 heteroatoms. The number of hydrogen-bond donors (Lipinski definition) is 1. The minimum Gasteiger partial charge on any atom is -0.399 e. The van der Waals surface area contributed by atoms with E-state index >= 15 is 0 Å². The van der Waals surface area contributed by atoms with Gasteiger partial charge in [0.05, 0.1) is 26.5 Å². The van der Waals surface area contributed by atoms with Crippen LogP contribution in [0.25, 0.3) is 0 Å². The van der Waals surface area contributed by atoms with Crippen LogP contribution in [-0.4, -0.2) is 4.21 Å². The lowest BCUT2D eigenvalue weighted by Crippen LogP contribution is -2.00. The molecule has 0 aliphatic carbocycles. The molecule has 2 nitrogen and oxygen atoms in total. The Balaban J connectivity index is 2.28. The molecule has 2 rings (SSSR count). The summed E-state index contributed by atoms with van der Waals surface area (Å²) in [5, 5.41) is 0.368. The van der Waals surface area contributed by atoms with Gasteiger partial charge in [0.2, 0.25) is 0 Å². The van der Waals surface area contributed by atoms with Gasteiger partial charge in [0.25, 0.3) is 0 Å². The van der Waals surface area contributed by atoms with Crippen LogP contribution in [-0.2, 0) is 16.6 Å². The third-order valence-electron chi connectivity index (χ3n) is 2.80. The van der Waals surface area contributed by atoms with Gasteiger partial charge in [-0.1, -0.05) is 17.7 Å². The second-order valence-corrected chi connectivity index (χ2v) is 6.08. The molecule has 2 N–H and O–H groups in total. The van der Waals surface area contributed by atoms with Crippen molar-refractivity contribution in [3.05, 3.63) is 58.4 Å². The zero-order valence-electron chi connectivity index (χ0n) is 10.3. The Morgan fingerprint density at radius 3 is 2.68 bits per heavy atom. The quantitative estimate of drug-likeness (QED) is 0.878. The highest BCUT2D eigenvalue weighted by atomic mass is 35.5. The van der Waals surface area contributed by atoms with Gasteiger partial charge in [0, 0.05) is 5.69 Å². The van der Waals surface area contributed by atoms with Crippen molar-refractivity contribution in [3.8, 4) is 0 Å². The second-order valence-electron chi connectivity index (χ2n) is 4.25. The molecular weight excluding hydrogens is 285 g/mol. The summed E-state index contributed by atoms with van der Waals surface area (Å²) in [6.07, 6.45) is 0. The Morgan fingerprint density at radius 2 is 2.00 bits per heavy atom. The normalized spacial score (nSPS) is 12.4.